The number of fused-ring (bicyclic) bond motifs is 3. The Labute approximate surface area is 154 Å². The van der Waals surface area contributed by atoms with E-state index in [4.69, 9.17) is 9.26 Å². The lowest BCUT2D eigenvalue weighted by Crippen LogP contribution is -2.34. The summed E-state index contributed by atoms with van der Waals surface area (Å²) in [4.78, 5) is 22.7. The molecule has 1 aliphatic heterocycles. The number of nitriles is 1. The highest BCUT2D eigenvalue weighted by Crippen LogP contribution is 2.25. The summed E-state index contributed by atoms with van der Waals surface area (Å²) >= 11 is 0. The van der Waals surface area contributed by atoms with Crippen LogP contribution in [0.1, 0.15) is 21.7 Å². The summed E-state index contributed by atoms with van der Waals surface area (Å²) in [6.07, 6.45) is 1.57. The Bertz CT molecular complexity index is 1030. The van der Waals surface area contributed by atoms with Crippen molar-refractivity contribution in [1.29, 1.82) is 5.26 Å². The molecule has 0 aliphatic carbocycles. The number of ether oxygens (including phenoxy) is 1. The van der Waals surface area contributed by atoms with Gasteiger partial charge in [-0.2, -0.15) is 10.2 Å². The lowest BCUT2D eigenvalue weighted by Gasteiger charge is -2.20. The third-order valence-electron chi connectivity index (χ3n) is 3.96. The van der Waals surface area contributed by atoms with Crippen LogP contribution in [0.5, 0.6) is 5.75 Å². The maximum atomic E-state index is 12.5. The van der Waals surface area contributed by atoms with Crippen LogP contribution >= 0.6 is 0 Å². The van der Waals surface area contributed by atoms with E-state index in [2.05, 4.69) is 26.5 Å². The van der Waals surface area contributed by atoms with Crippen molar-refractivity contribution < 1.29 is 14.1 Å². The lowest BCUT2D eigenvalue weighted by atomic mass is 10.2. The second kappa shape index (κ2) is 7.13. The number of para-hydroxylation sites is 1. The van der Waals surface area contributed by atoms with Crippen molar-refractivity contribution in [2.24, 2.45) is 0 Å². The van der Waals surface area contributed by atoms with Gasteiger partial charge in [0.15, 0.2) is 12.4 Å². The summed E-state index contributed by atoms with van der Waals surface area (Å²) in [6.45, 7) is 0.601. The van der Waals surface area contributed by atoms with E-state index in [0.717, 1.165) is 0 Å². The van der Waals surface area contributed by atoms with E-state index in [1.165, 1.54) is 0 Å². The first-order valence-corrected chi connectivity index (χ1v) is 8.21. The minimum Gasteiger partial charge on any atom is -0.485 e. The number of nitrogens with zero attached hydrogens (tertiary/aromatic N) is 5. The average Bonchev–Trinajstić information content (AvgIpc) is 3.18. The molecule has 134 valence electrons. The zero-order chi connectivity index (χ0) is 18.6. The van der Waals surface area contributed by atoms with Gasteiger partial charge in [-0.25, -0.2) is 4.98 Å². The van der Waals surface area contributed by atoms with Gasteiger partial charge in [-0.3, -0.25) is 9.69 Å². The number of hydrogen-bond acceptors (Lipinski definition) is 8. The van der Waals surface area contributed by atoms with E-state index in [-0.39, 0.29) is 25.1 Å². The molecule has 1 N–H and O–H groups in total. The van der Waals surface area contributed by atoms with E-state index in [1.807, 2.05) is 0 Å². The predicted octanol–water partition coefficient (Wildman–Crippen LogP) is 1.80. The molecule has 4 rings (SSSR count). The molecule has 1 amide bonds. The highest BCUT2D eigenvalue weighted by molar-refractivity contribution is 5.96. The highest BCUT2D eigenvalue weighted by Gasteiger charge is 2.23. The van der Waals surface area contributed by atoms with Crippen molar-refractivity contribution in [2.45, 2.75) is 6.61 Å². The van der Waals surface area contributed by atoms with Crippen LogP contribution in [0.4, 0.5) is 11.8 Å². The standard InChI is InChI=1S/C18H14N6O3/c19-10-12-4-3-7-20-16(12)24-9-8-21-17(25)13-5-1-2-6-14(13)26-11-15-22-18(24)27-23-15/h1-7H,8-9,11H2,(H,21,25). The van der Waals surface area contributed by atoms with Gasteiger partial charge >= 0.3 is 6.01 Å². The molecule has 3 heterocycles. The largest absolute Gasteiger partial charge is 0.485 e. The molecular weight excluding hydrogens is 348 g/mol. The number of carbonyl (C=O) groups excluding carboxylic acids is 1. The number of benzene rings is 1. The van der Waals surface area contributed by atoms with Gasteiger partial charge in [0.1, 0.15) is 11.8 Å². The molecule has 0 saturated heterocycles. The minimum atomic E-state index is -0.259. The van der Waals surface area contributed by atoms with Crippen molar-refractivity contribution in [1.82, 2.24) is 20.4 Å². The quantitative estimate of drug-likeness (QED) is 0.696. The van der Waals surface area contributed by atoms with Crippen molar-refractivity contribution in [3.8, 4) is 11.8 Å². The molecule has 9 nitrogen and oxygen atoms in total. The van der Waals surface area contributed by atoms with Crippen LogP contribution in [0.3, 0.4) is 0 Å². The SMILES string of the molecule is N#Cc1cccnc1N1CCNC(=O)c2ccccc2OCc2noc1n2. The van der Waals surface area contributed by atoms with Crippen LogP contribution in [0.25, 0.3) is 0 Å². The summed E-state index contributed by atoms with van der Waals surface area (Å²) < 4.78 is 11.0. The lowest BCUT2D eigenvalue weighted by molar-refractivity contribution is 0.0950. The van der Waals surface area contributed by atoms with Gasteiger partial charge < -0.3 is 14.6 Å². The Kier molecular flexibility index (Phi) is 4.37. The molecule has 9 heteroatoms. The number of amides is 1. The van der Waals surface area contributed by atoms with Gasteiger partial charge in [0.25, 0.3) is 5.91 Å². The summed E-state index contributed by atoms with van der Waals surface area (Å²) in [5.74, 6) is 0.878. The van der Waals surface area contributed by atoms with Crippen LogP contribution < -0.4 is 15.0 Å². The molecule has 0 spiro atoms. The number of hydrogen-bond donors (Lipinski definition) is 1. The van der Waals surface area contributed by atoms with Gasteiger partial charge in [-0.05, 0) is 24.3 Å². The Morgan fingerprint density at radius 1 is 1.22 bits per heavy atom. The van der Waals surface area contributed by atoms with Crippen molar-refractivity contribution >= 4 is 17.7 Å². The number of anilines is 2. The monoisotopic (exact) mass is 362 g/mol. The van der Waals surface area contributed by atoms with Crippen LogP contribution in [0.2, 0.25) is 0 Å². The van der Waals surface area contributed by atoms with E-state index < -0.39 is 0 Å². The highest BCUT2D eigenvalue weighted by atomic mass is 16.5. The van der Waals surface area contributed by atoms with Gasteiger partial charge in [0.05, 0.1) is 11.1 Å². The third-order valence-corrected chi connectivity index (χ3v) is 3.96. The van der Waals surface area contributed by atoms with E-state index in [9.17, 15) is 10.1 Å². The number of rotatable bonds is 1. The van der Waals surface area contributed by atoms with Gasteiger partial charge in [0.2, 0.25) is 5.82 Å². The zero-order valence-corrected chi connectivity index (χ0v) is 14.1. The van der Waals surface area contributed by atoms with Gasteiger partial charge in [-0.15, -0.1) is 0 Å². The van der Waals surface area contributed by atoms with E-state index in [1.54, 1.807) is 47.5 Å². The first kappa shape index (κ1) is 16.5. The van der Waals surface area contributed by atoms with Crippen molar-refractivity contribution in [3.63, 3.8) is 0 Å². The number of aromatic nitrogens is 3. The Morgan fingerprint density at radius 3 is 3.00 bits per heavy atom. The Balaban J connectivity index is 1.72. The van der Waals surface area contributed by atoms with Crippen LogP contribution in [-0.4, -0.2) is 34.1 Å². The maximum absolute atomic E-state index is 12.5. The molecule has 2 aromatic heterocycles. The molecule has 1 aliphatic rings. The number of carbonyl (C=O) groups is 1. The fraction of sp³-hybridized carbons (Fsp3) is 0.167. The molecular formula is C18H14N6O3. The fourth-order valence-electron chi connectivity index (χ4n) is 2.70. The minimum absolute atomic E-state index is 0.0367. The summed E-state index contributed by atoms with van der Waals surface area (Å²) in [7, 11) is 0. The van der Waals surface area contributed by atoms with Crippen LogP contribution in [0.15, 0.2) is 47.1 Å². The van der Waals surface area contributed by atoms with Gasteiger partial charge in [0, 0.05) is 19.3 Å². The molecule has 0 unspecified atom stereocenters. The van der Waals surface area contributed by atoms with Crippen LogP contribution in [-0.2, 0) is 6.61 Å². The molecule has 0 fully saturated rings. The molecule has 1 aromatic carbocycles. The summed E-state index contributed by atoms with van der Waals surface area (Å²) in [5, 5.41) is 16.1. The average molecular weight is 362 g/mol. The first-order chi connectivity index (χ1) is 13.3. The number of pyridine rings is 1. The van der Waals surface area contributed by atoms with Crippen molar-refractivity contribution in [3.05, 3.63) is 59.5 Å². The van der Waals surface area contributed by atoms with Crippen LogP contribution in [0, 0.1) is 11.3 Å². The molecule has 0 atom stereocenters. The van der Waals surface area contributed by atoms with E-state index >= 15 is 0 Å². The second-order valence-corrected chi connectivity index (χ2v) is 5.67. The summed E-state index contributed by atoms with van der Waals surface area (Å²) in [5.41, 5.74) is 0.779. The molecule has 0 radical (unpaired) electrons. The van der Waals surface area contributed by atoms with Crippen molar-refractivity contribution in [2.75, 3.05) is 18.0 Å². The predicted molar refractivity (Wildman–Crippen MR) is 93.4 cm³/mol. The fourth-order valence-corrected chi connectivity index (χ4v) is 2.70. The normalized spacial score (nSPS) is 14.0. The second-order valence-electron chi connectivity index (χ2n) is 5.67. The molecule has 3 aromatic rings. The molecule has 27 heavy (non-hydrogen) atoms. The Hall–Kier alpha value is -3.93. The Morgan fingerprint density at radius 2 is 2.11 bits per heavy atom. The topological polar surface area (TPSA) is 117 Å². The van der Waals surface area contributed by atoms with E-state index in [0.29, 0.717) is 35.1 Å². The smallest absolute Gasteiger partial charge is 0.329 e. The third kappa shape index (κ3) is 3.28. The zero-order valence-electron chi connectivity index (χ0n) is 14.1. The number of nitrogens with one attached hydrogen (secondary N) is 1. The summed E-state index contributed by atoms with van der Waals surface area (Å²) in [6, 6.07) is 12.5. The van der Waals surface area contributed by atoms with Gasteiger partial charge in [-0.1, -0.05) is 17.3 Å². The molecule has 0 saturated carbocycles. The molecule has 2 bridgehead atoms. The first-order valence-electron chi connectivity index (χ1n) is 8.21. The maximum Gasteiger partial charge on any atom is 0.329 e.